The van der Waals surface area contributed by atoms with Gasteiger partial charge in [-0.05, 0) is 56.4 Å². The molecule has 2 unspecified atom stereocenters. The van der Waals surface area contributed by atoms with Gasteiger partial charge in [-0.2, -0.15) is 0 Å². The van der Waals surface area contributed by atoms with Gasteiger partial charge in [-0.1, -0.05) is 11.6 Å². The molecule has 0 radical (unpaired) electrons. The van der Waals surface area contributed by atoms with Gasteiger partial charge in [0.25, 0.3) is 0 Å². The van der Waals surface area contributed by atoms with Gasteiger partial charge in [-0.3, -0.25) is 0 Å². The van der Waals surface area contributed by atoms with Crippen LogP contribution >= 0.6 is 11.6 Å². The van der Waals surface area contributed by atoms with Crippen molar-refractivity contribution < 1.29 is 14.6 Å². The fraction of sp³-hybridized carbons (Fsp3) is 0.600. The molecule has 106 valence electrons. The monoisotopic (exact) mass is 284 g/mol. The molecule has 1 aromatic carbocycles. The van der Waals surface area contributed by atoms with E-state index in [1.54, 1.807) is 24.3 Å². The molecular weight excluding hydrogens is 264 g/mol. The van der Waals surface area contributed by atoms with E-state index in [4.69, 9.17) is 21.1 Å². The highest BCUT2D eigenvalue weighted by Crippen LogP contribution is 2.19. The molecular formula is C15H21ClO3. The van der Waals surface area contributed by atoms with Gasteiger partial charge in [0, 0.05) is 11.6 Å². The van der Waals surface area contributed by atoms with Crippen molar-refractivity contribution in [3.05, 3.63) is 29.3 Å². The largest absolute Gasteiger partial charge is 0.491 e. The fourth-order valence-corrected chi connectivity index (χ4v) is 2.39. The minimum atomic E-state index is -0.419. The number of hydrogen-bond acceptors (Lipinski definition) is 3. The van der Waals surface area contributed by atoms with Crippen LogP contribution in [0.2, 0.25) is 5.02 Å². The van der Waals surface area contributed by atoms with E-state index in [0.29, 0.717) is 17.7 Å². The Morgan fingerprint density at radius 2 is 2.16 bits per heavy atom. The second kappa shape index (κ2) is 7.73. The van der Waals surface area contributed by atoms with Crippen molar-refractivity contribution >= 4 is 11.6 Å². The molecule has 0 aromatic heterocycles. The molecule has 1 aliphatic heterocycles. The Bertz CT molecular complexity index is 360. The molecule has 2 rings (SSSR count). The van der Waals surface area contributed by atoms with Crippen LogP contribution in [0.4, 0.5) is 0 Å². The normalized spacial score (nSPS) is 20.4. The van der Waals surface area contributed by atoms with Crippen LogP contribution < -0.4 is 4.74 Å². The number of benzene rings is 1. The van der Waals surface area contributed by atoms with Crippen molar-refractivity contribution in [2.45, 2.75) is 44.3 Å². The van der Waals surface area contributed by atoms with Crippen molar-refractivity contribution in [2.24, 2.45) is 0 Å². The summed E-state index contributed by atoms with van der Waals surface area (Å²) in [7, 11) is 0. The van der Waals surface area contributed by atoms with Crippen molar-refractivity contribution in [2.75, 3.05) is 13.2 Å². The molecule has 19 heavy (non-hydrogen) atoms. The molecule has 1 fully saturated rings. The lowest BCUT2D eigenvalue weighted by Gasteiger charge is -2.14. The van der Waals surface area contributed by atoms with E-state index in [-0.39, 0.29) is 0 Å². The van der Waals surface area contributed by atoms with Crippen molar-refractivity contribution in [3.8, 4) is 5.75 Å². The first-order valence-corrected chi connectivity index (χ1v) is 7.30. The van der Waals surface area contributed by atoms with Gasteiger partial charge in [0.2, 0.25) is 0 Å². The third-order valence-electron chi connectivity index (χ3n) is 3.34. The highest BCUT2D eigenvalue weighted by Gasteiger charge is 2.15. The number of rotatable bonds is 7. The van der Waals surface area contributed by atoms with Crippen LogP contribution in [-0.2, 0) is 4.74 Å². The summed E-state index contributed by atoms with van der Waals surface area (Å²) in [6, 6.07) is 7.17. The predicted octanol–water partition coefficient (Wildman–Crippen LogP) is 3.43. The fourth-order valence-electron chi connectivity index (χ4n) is 2.26. The zero-order valence-electron chi connectivity index (χ0n) is 11.1. The minimum absolute atomic E-state index is 0.327. The average molecular weight is 285 g/mol. The summed E-state index contributed by atoms with van der Waals surface area (Å²) in [6.45, 7) is 1.22. The van der Waals surface area contributed by atoms with E-state index in [9.17, 15) is 5.11 Å². The van der Waals surface area contributed by atoms with E-state index in [0.717, 1.165) is 38.0 Å². The molecule has 0 saturated carbocycles. The maximum Gasteiger partial charge on any atom is 0.119 e. The van der Waals surface area contributed by atoms with Gasteiger partial charge in [-0.15, -0.1) is 0 Å². The molecule has 0 amide bonds. The van der Waals surface area contributed by atoms with Crippen LogP contribution in [0.25, 0.3) is 0 Å². The van der Waals surface area contributed by atoms with Gasteiger partial charge in [-0.25, -0.2) is 0 Å². The highest BCUT2D eigenvalue weighted by atomic mass is 35.5. The van der Waals surface area contributed by atoms with E-state index in [1.807, 2.05) is 0 Å². The topological polar surface area (TPSA) is 38.7 Å². The van der Waals surface area contributed by atoms with Crippen LogP contribution in [0, 0.1) is 0 Å². The van der Waals surface area contributed by atoms with Crippen LogP contribution in [0.3, 0.4) is 0 Å². The Hall–Kier alpha value is -0.770. The molecule has 1 saturated heterocycles. The first kappa shape index (κ1) is 14.6. The quantitative estimate of drug-likeness (QED) is 0.834. The van der Waals surface area contributed by atoms with Gasteiger partial charge in [0.1, 0.15) is 12.4 Å². The Labute approximate surface area is 119 Å². The first-order chi connectivity index (χ1) is 9.24. The summed E-state index contributed by atoms with van der Waals surface area (Å²) < 4.78 is 11.1. The number of aliphatic hydroxyl groups is 1. The summed E-state index contributed by atoms with van der Waals surface area (Å²) in [4.78, 5) is 0. The van der Waals surface area contributed by atoms with E-state index >= 15 is 0 Å². The molecule has 4 heteroatoms. The Balaban J connectivity index is 1.58. The molecule has 0 spiro atoms. The summed E-state index contributed by atoms with van der Waals surface area (Å²) >= 11 is 5.79. The van der Waals surface area contributed by atoms with Gasteiger partial charge >= 0.3 is 0 Å². The SMILES string of the molecule is OC(CCCC1CCCO1)COc1ccc(Cl)cc1. The second-order valence-corrected chi connectivity index (χ2v) is 5.42. The highest BCUT2D eigenvalue weighted by molar-refractivity contribution is 6.30. The van der Waals surface area contributed by atoms with Crippen molar-refractivity contribution in [1.82, 2.24) is 0 Å². The van der Waals surface area contributed by atoms with Crippen molar-refractivity contribution in [1.29, 1.82) is 0 Å². The first-order valence-electron chi connectivity index (χ1n) is 6.92. The zero-order valence-corrected chi connectivity index (χ0v) is 11.8. The van der Waals surface area contributed by atoms with E-state index in [2.05, 4.69) is 0 Å². The predicted molar refractivity (Wildman–Crippen MR) is 75.8 cm³/mol. The molecule has 0 aliphatic carbocycles. The van der Waals surface area contributed by atoms with Crippen LogP contribution in [-0.4, -0.2) is 30.5 Å². The number of hydrogen-bond donors (Lipinski definition) is 1. The van der Waals surface area contributed by atoms with Gasteiger partial charge in [0.15, 0.2) is 0 Å². The van der Waals surface area contributed by atoms with Gasteiger partial charge < -0.3 is 14.6 Å². The smallest absolute Gasteiger partial charge is 0.119 e. The van der Waals surface area contributed by atoms with Crippen LogP contribution in [0.15, 0.2) is 24.3 Å². The molecule has 1 N–H and O–H groups in total. The van der Waals surface area contributed by atoms with Gasteiger partial charge in [0.05, 0.1) is 12.2 Å². The Morgan fingerprint density at radius 1 is 1.37 bits per heavy atom. The third kappa shape index (κ3) is 5.39. The number of ether oxygens (including phenoxy) is 2. The molecule has 2 atom stereocenters. The summed E-state index contributed by atoms with van der Waals surface area (Å²) in [5, 5.41) is 10.5. The Kier molecular flexibility index (Phi) is 5.95. The van der Waals surface area contributed by atoms with E-state index < -0.39 is 6.10 Å². The maximum atomic E-state index is 9.85. The molecule has 0 bridgehead atoms. The zero-order chi connectivity index (χ0) is 13.5. The molecule has 1 aromatic rings. The summed E-state index contributed by atoms with van der Waals surface area (Å²) in [6.07, 6.45) is 5.10. The third-order valence-corrected chi connectivity index (χ3v) is 3.60. The van der Waals surface area contributed by atoms with Crippen molar-refractivity contribution in [3.63, 3.8) is 0 Å². The van der Waals surface area contributed by atoms with Crippen LogP contribution in [0.1, 0.15) is 32.1 Å². The standard InChI is InChI=1S/C15H21ClO3/c16-12-6-8-15(9-7-12)19-11-13(17)3-1-4-14-5-2-10-18-14/h6-9,13-14,17H,1-5,10-11H2. The average Bonchev–Trinajstić information content (AvgIpc) is 2.91. The molecule has 1 heterocycles. The minimum Gasteiger partial charge on any atom is -0.491 e. The summed E-state index contributed by atoms with van der Waals surface area (Å²) in [5.41, 5.74) is 0. The maximum absolute atomic E-state index is 9.85. The van der Waals surface area contributed by atoms with E-state index in [1.165, 1.54) is 6.42 Å². The summed E-state index contributed by atoms with van der Waals surface area (Å²) in [5.74, 6) is 0.738. The number of aliphatic hydroxyl groups excluding tert-OH is 1. The lowest BCUT2D eigenvalue weighted by molar-refractivity contribution is 0.0791. The van der Waals surface area contributed by atoms with Crippen LogP contribution in [0.5, 0.6) is 5.75 Å². The second-order valence-electron chi connectivity index (χ2n) is 4.98. The lowest BCUT2D eigenvalue weighted by Crippen LogP contribution is -2.18. The Morgan fingerprint density at radius 3 is 2.84 bits per heavy atom. The number of halogens is 1. The molecule has 1 aliphatic rings. The molecule has 3 nitrogen and oxygen atoms in total. The lowest BCUT2D eigenvalue weighted by atomic mass is 10.1.